The first-order valence-corrected chi connectivity index (χ1v) is 12.2. The van der Waals surface area contributed by atoms with Gasteiger partial charge in [0.1, 0.15) is 5.60 Å². The lowest BCUT2D eigenvalue weighted by molar-refractivity contribution is -0.167. The third kappa shape index (κ3) is 2.68. The molecule has 1 heterocycles. The summed E-state index contributed by atoms with van der Waals surface area (Å²) in [5, 5.41) is 0.409. The third-order valence-electron chi connectivity index (χ3n) is 9.61. The van der Waals surface area contributed by atoms with E-state index >= 15 is 0 Å². The highest BCUT2D eigenvalue weighted by atomic mass is 32.2. The zero-order chi connectivity index (χ0) is 20.6. The van der Waals surface area contributed by atoms with E-state index in [0.717, 1.165) is 44.9 Å². The van der Waals surface area contributed by atoms with Gasteiger partial charge in [-0.05, 0) is 74.2 Å². The molecule has 0 aromatic heterocycles. The van der Waals surface area contributed by atoms with Crippen LogP contribution in [0.5, 0.6) is 0 Å². The Bertz CT molecular complexity index is 818. The summed E-state index contributed by atoms with van der Waals surface area (Å²) in [4.78, 5) is 36.4. The molecule has 0 aromatic rings. The minimum Gasteiger partial charge on any atom is -0.458 e. The largest absolute Gasteiger partial charge is 0.458 e. The van der Waals surface area contributed by atoms with E-state index in [1.807, 2.05) is 6.08 Å². The number of rotatable bonds is 1. The molecule has 4 fully saturated rings. The van der Waals surface area contributed by atoms with E-state index in [2.05, 4.69) is 13.8 Å². The topological polar surface area (TPSA) is 60.4 Å². The predicted molar refractivity (Wildman–Crippen MR) is 112 cm³/mol. The highest BCUT2D eigenvalue weighted by Crippen LogP contribution is 2.70. The van der Waals surface area contributed by atoms with E-state index in [4.69, 9.17) is 4.74 Å². The van der Waals surface area contributed by atoms with Crippen LogP contribution < -0.4 is 0 Å². The number of allylic oxidation sites excluding steroid dienone is 1. The second kappa shape index (κ2) is 6.45. The van der Waals surface area contributed by atoms with Crippen LogP contribution in [0, 0.1) is 28.6 Å². The average molecular weight is 417 g/mol. The standard InChI is InChI=1S/C24H32O4S/c1-14(25)29-19-13-15-12-16(26)4-8-22(15,2)17-5-9-23(3)18(21(17)19)6-10-24(23)11-7-20(27)28-24/h12,17-19,21H,4-11,13H2,1-3H3/t17?,18-,19+,21?,22-,23-,24+/m0/s1. The van der Waals surface area contributed by atoms with Crippen LogP contribution in [0.4, 0.5) is 0 Å². The summed E-state index contributed by atoms with van der Waals surface area (Å²) in [6.07, 6.45) is 10.0. The van der Waals surface area contributed by atoms with Gasteiger partial charge in [-0.2, -0.15) is 0 Å². The summed E-state index contributed by atoms with van der Waals surface area (Å²) in [5.41, 5.74) is 1.09. The van der Waals surface area contributed by atoms with Gasteiger partial charge in [-0.3, -0.25) is 14.4 Å². The van der Waals surface area contributed by atoms with Gasteiger partial charge in [0.2, 0.25) is 0 Å². The maximum absolute atomic E-state index is 12.2. The van der Waals surface area contributed by atoms with Crippen LogP contribution in [-0.2, 0) is 19.1 Å². The summed E-state index contributed by atoms with van der Waals surface area (Å²) in [5.74, 6) is 1.67. The van der Waals surface area contributed by atoms with E-state index in [1.54, 1.807) is 6.92 Å². The highest BCUT2D eigenvalue weighted by molar-refractivity contribution is 8.14. The molecular formula is C24H32O4S. The maximum Gasteiger partial charge on any atom is 0.306 e. The Balaban J connectivity index is 1.56. The first-order valence-electron chi connectivity index (χ1n) is 11.3. The Morgan fingerprint density at radius 3 is 2.52 bits per heavy atom. The Morgan fingerprint density at radius 2 is 1.83 bits per heavy atom. The van der Waals surface area contributed by atoms with Crippen molar-refractivity contribution in [3.63, 3.8) is 0 Å². The van der Waals surface area contributed by atoms with Crippen LogP contribution >= 0.6 is 11.8 Å². The van der Waals surface area contributed by atoms with Gasteiger partial charge < -0.3 is 4.74 Å². The van der Waals surface area contributed by atoms with Crippen LogP contribution in [0.15, 0.2) is 11.6 Å². The molecule has 0 aromatic carbocycles. The zero-order valence-electron chi connectivity index (χ0n) is 17.8. The molecule has 0 N–H and O–H groups in total. The van der Waals surface area contributed by atoms with Crippen molar-refractivity contribution in [1.82, 2.24) is 0 Å². The van der Waals surface area contributed by atoms with Gasteiger partial charge in [0.25, 0.3) is 0 Å². The van der Waals surface area contributed by atoms with Crippen molar-refractivity contribution in [1.29, 1.82) is 0 Å². The fourth-order valence-electron chi connectivity index (χ4n) is 8.13. The van der Waals surface area contributed by atoms with E-state index in [-0.39, 0.29) is 38.5 Å². The van der Waals surface area contributed by atoms with E-state index in [1.165, 1.54) is 17.3 Å². The monoisotopic (exact) mass is 416 g/mol. The van der Waals surface area contributed by atoms with Crippen LogP contribution in [0.3, 0.4) is 0 Å². The summed E-state index contributed by atoms with van der Waals surface area (Å²) in [7, 11) is 0. The number of ketones is 1. The summed E-state index contributed by atoms with van der Waals surface area (Å²) in [6, 6.07) is 0. The fraction of sp³-hybridized carbons (Fsp3) is 0.792. The van der Waals surface area contributed by atoms with Crippen LogP contribution in [0.2, 0.25) is 0 Å². The van der Waals surface area contributed by atoms with Gasteiger partial charge in [0, 0.05) is 30.4 Å². The van der Waals surface area contributed by atoms with E-state index in [0.29, 0.717) is 30.6 Å². The lowest BCUT2D eigenvalue weighted by Crippen LogP contribution is -2.57. The molecule has 4 aliphatic carbocycles. The Kier molecular flexibility index (Phi) is 4.41. The average Bonchev–Trinajstić information content (AvgIpc) is 3.17. The summed E-state index contributed by atoms with van der Waals surface area (Å²) >= 11 is 1.50. The molecule has 5 heteroatoms. The molecule has 5 aliphatic rings. The molecule has 2 unspecified atom stereocenters. The molecule has 158 valence electrons. The number of ether oxygens (including phenoxy) is 1. The number of hydrogen-bond donors (Lipinski definition) is 0. The molecule has 3 saturated carbocycles. The number of thioether (sulfide) groups is 1. The van der Waals surface area contributed by atoms with Gasteiger partial charge in [0.05, 0.1) is 0 Å². The summed E-state index contributed by atoms with van der Waals surface area (Å²) in [6.45, 7) is 6.42. The maximum atomic E-state index is 12.2. The fourth-order valence-corrected chi connectivity index (χ4v) is 9.36. The third-order valence-corrected chi connectivity index (χ3v) is 10.7. The van der Waals surface area contributed by atoms with Crippen molar-refractivity contribution in [3.8, 4) is 0 Å². The number of hydrogen-bond acceptors (Lipinski definition) is 5. The predicted octanol–water partition coefficient (Wildman–Crippen LogP) is 4.85. The highest BCUT2D eigenvalue weighted by Gasteiger charge is 2.68. The molecule has 29 heavy (non-hydrogen) atoms. The molecule has 1 spiro atoms. The Hall–Kier alpha value is -1.10. The Morgan fingerprint density at radius 1 is 1.07 bits per heavy atom. The van der Waals surface area contributed by atoms with Crippen molar-refractivity contribution in [2.45, 2.75) is 89.4 Å². The molecule has 5 rings (SSSR count). The second-order valence-corrected chi connectivity index (χ2v) is 12.1. The molecule has 7 atom stereocenters. The van der Waals surface area contributed by atoms with Crippen molar-refractivity contribution >= 4 is 28.6 Å². The smallest absolute Gasteiger partial charge is 0.306 e. The Labute approximate surface area is 177 Å². The first kappa shape index (κ1) is 19.8. The molecule has 1 saturated heterocycles. The quantitative estimate of drug-likeness (QED) is 0.572. The molecular weight excluding hydrogens is 384 g/mol. The van der Waals surface area contributed by atoms with Gasteiger partial charge in [-0.15, -0.1) is 0 Å². The molecule has 1 aliphatic heterocycles. The number of esters is 1. The zero-order valence-corrected chi connectivity index (χ0v) is 18.6. The molecule has 0 radical (unpaired) electrons. The number of carbonyl (C=O) groups excluding carboxylic acids is 3. The number of carbonyl (C=O) groups is 3. The van der Waals surface area contributed by atoms with Crippen molar-refractivity contribution < 1.29 is 19.1 Å². The van der Waals surface area contributed by atoms with Gasteiger partial charge >= 0.3 is 5.97 Å². The van der Waals surface area contributed by atoms with E-state index < -0.39 is 0 Å². The van der Waals surface area contributed by atoms with E-state index in [9.17, 15) is 14.4 Å². The first-order chi connectivity index (χ1) is 13.7. The van der Waals surface area contributed by atoms with Gasteiger partial charge in [0.15, 0.2) is 10.9 Å². The minimum atomic E-state index is -0.287. The lowest BCUT2D eigenvalue weighted by atomic mass is 9.46. The lowest BCUT2D eigenvalue weighted by Gasteiger charge is -2.61. The van der Waals surface area contributed by atoms with Crippen molar-refractivity contribution in [2.75, 3.05) is 0 Å². The number of fused-ring (bicyclic) bond motifs is 6. The summed E-state index contributed by atoms with van der Waals surface area (Å²) < 4.78 is 6.06. The molecule has 0 amide bonds. The van der Waals surface area contributed by atoms with Crippen LogP contribution in [0.1, 0.15) is 78.6 Å². The van der Waals surface area contributed by atoms with Gasteiger partial charge in [-0.25, -0.2) is 0 Å². The van der Waals surface area contributed by atoms with Gasteiger partial charge in [-0.1, -0.05) is 31.2 Å². The second-order valence-electron chi connectivity index (χ2n) is 10.7. The minimum absolute atomic E-state index is 0.0119. The van der Waals surface area contributed by atoms with Crippen molar-refractivity contribution in [3.05, 3.63) is 11.6 Å². The normalized spacial score (nSPS) is 48.6. The van der Waals surface area contributed by atoms with Crippen LogP contribution in [0.25, 0.3) is 0 Å². The SMILES string of the molecule is CC(=O)S[C@@H]1CC2=CC(=O)CC[C@]2(C)C2CC[C@@]3(C)[C@@H](CC[C@@]34CCC(=O)O4)C21. The molecule has 0 bridgehead atoms. The van der Waals surface area contributed by atoms with Crippen molar-refractivity contribution in [2.24, 2.45) is 28.6 Å². The van der Waals surface area contributed by atoms with Crippen LogP contribution in [-0.4, -0.2) is 27.7 Å². The molecule has 4 nitrogen and oxygen atoms in total.